The van der Waals surface area contributed by atoms with Gasteiger partial charge in [0.15, 0.2) is 24.3 Å². The Morgan fingerprint density at radius 1 is 1.17 bits per heavy atom. The van der Waals surface area contributed by atoms with Gasteiger partial charge in [0.05, 0.1) is 46.7 Å². The van der Waals surface area contributed by atoms with E-state index in [4.69, 9.17) is 18.9 Å². The van der Waals surface area contributed by atoms with Gasteiger partial charge in [-0.25, -0.2) is 14.4 Å². The van der Waals surface area contributed by atoms with Crippen molar-refractivity contribution in [2.75, 3.05) is 34.0 Å². The van der Waals surface area contributed by atoms with E-state index in [2.05, 4.69) is 64.4 Å². The highest BCUT2D eigenvalue weighted by molar-refractivity contribution is 14.1. The number of esters is 2. The number of aliphatic hydroxyl groups is 1. The van der Waals surface area contributed by atoms with Crippen LogP contribution in [0.15, 0.2) is 51.2 Å². The number of hydrogen-bond donors (Lipinski definition) is 4. The number of ether oxygens (including phenoxy) is 5. The molecule has 42 heavy (non-hydrogen) atoms. The molecule has 1 aliphatic rings. The van der Waals surface area contributed by atoms with Crippen LogP contribution in [0.3, 0.4) is 0 Å². The molecule has 13 nitrogen and oxygen atoms in total. The lowest BCUT2D eigenvalue weighted by molar-refractivity contribution is -0.143. The molecule has 2 aromatic carbocycles. The van der Waals surface area contributed by atoms with Gasteiger partial charge in [-0.05, 0) is 87.8 Å². The van der Waals surface area contributed by atoms with Crippen LogP contribution in [-0.2, 0) is 19.1 Å². The summed E-state index contributed by atoms with van der Waals surface area (Å²) in [5.41, 5.74) is 4.51. The second kappa shape index (κ2) is 15.6. The van der Waals surface area contributed by atoms with Crippen LogP contribution >= 0.6 is 38.5 Å². The van der Waals surface area contributed by atoms with Gasteiger partial charge in [0.25, 0.3) is 0 Å². The second-order valence-electron chi connectivity index (χ2n) is 8.59. The molecule has 0 unspecified atom stereocenters. The SMILES string of the molecule is CCOc1cc([C@@H]2NC(=O)NC(C)=C2C(=O)OC)ccc1OC[C@H](O)N/N=C\c1cc(Br)c(OCC(=O)OC)c(I)c1. The lowest BCUT2D eigenvalue weighted by Gasteiger charge is -2.28. The molecular formula is C27H30BrIN4O9. The minimum Gasteiger partial charge on any atom is -0.490 e. The van der Waals surface area contributed by atoms with Gasteiger partial charge >= 0.3 is 18.0 Å². The van der Waals surface area contributed by atoms with Crippen molar-refractivity contribution in [2.24, 2.45) is 5.10 Å². The predicted molar refractivity (Wildman–Crippen MR) is 163 cm³/mol. The number of methoxy groups -OCH3 is 2. The van der Waals surface area contributed by atoms with Crippen LogP contribution in [0.25, 0.3) is 0 Å². The normalized spacial score (nSPS) is 15.4. The molecule has 0 fully saturated rings. The molecule has 0 saturated heterocycles. The molecule has 0 aromatic heterocycles. The third kappa shape index (κ3) is 8.72. The Kier molecular flexibility index (Phi) is 12.2. The first-order valence-corrected chi connectivity index (χ1v) is 14.4. The molecule has 15 heteroatoms. The second-order valence-corrected chi connectivity index (χ2v) is 10.6. The van der Waals surface area contributed by atoms with E-state index in [0.717, 1.165) is 3.57 Å². The van der Waals surface area contributed by atoms with E-state index in [9.17, 15) is 19.5 Å². The number of aliphatic hydroxyl groups excluding tert-OH is 1. The number of hydrazone groups is 1. The molecule has 1 aliphatic heterocycles. The van der Waals surface area contributed by atoms with Crippen molar-refractivity contribution in [3.05, 3.63) is 60.8 Å². The lowest BCUT2D eigenvalue weighted by atomic mass is 9.95. The number of nitrogens with one attached hydrogen (secondary N) is 3. The number of carbonyl (C=O) groups excluding carboxylic acids is 3. The summed E-state index contributed by atoms with van der Waals surface area (Å²) in [5.74, 6) is 0.110. The van der Waals surface area contributed by atoms with E-state index in [1.807, 2.05) is 0 Å². The van der Waals surface area contributed by atoms with Crippen molar-refractivity contribution >= 4 is 62.7 Å². The Bertz CT molecular complexity index is 1360. The zero-order valence-electron chi connectivity index (χ0n) is 23.2. The number of hydrogen-bond acceptors (Lipinski definition) is 11. The third-order valence-electron chi connectivity index (χ3n) is 5.69. The standard InChI is InChI=1S/C27H30BrIN4O9/c1-5-40-20-10-16(24-23(26(36)39-4)14(2)31-27(37)32-24)6-7-19(20)41-12-21(34)33-30-11-15-8-17(28)25(18(29)9-15)42-13-22(35)38-3/h6-11,21,24,33-34H,5,12-13H2,1-4H3,(H2,31,32,37)/b30-11-/t21-,24-/m0/s1. The number of nitrogens with zero attached hydrogens (tertiary/aromatic N) is 1. The number of rotatable bonds is 13. The summed E-state index contributed by atoms with van der Waals surface area (Å²) in [6.07, 6.45) is 0.336. The molecule has 3 rings (SSSR count). The van der Waals surface area contributed by atoms with E-state index >= 15 is 0 Å². The molecule has 2 amide bonds. The number of urea groups is 1. The molecule has 1 heterocycles. The van der Waals surface area contributed by atoms with Crippen LogP contribution in [-0.4, -0.2) is 69.6 Å². The van der Waals surface area contributed by atoms with Crippen LogP contribution in [0.4, 0.5) is 4.79 Å². The summed E-state index contributed by atoms with van der Waals surface area (Å²) in [5, 5.41) is 19.7. The highest BCUT2D eigenvalue weighted by Crippen LogP contribution is 2.35. The monoisotopic (exact) mass is 760 g/mol. The van der Waals surface area contributed by atoms with E-state index < -0.39 is 30.2 Å². The highest BCUT2D eigenvalue weighted by atomic mass is 127. The quantitative estimate of drug-likeness (QED) is 0.0784. The fourth-order valence-corrected chi connectivity index (χ4v) is 5.57. The zero-order chi connectivity index (χ0) is 30.8. The van der Waals surface area contributed by atoms with Crippen molar-refractivity contribution in [3.63, 3.8) is 0 Å². The largest absolute Gasteiger partial charge is 0.490 e. The minimum absolute atomic E-state index is 0.172. The zero-order valence-corrected chi connectivity index (χ0v) is 26.9. The van der Waals surface area contributed by atoms with Crippen molar-refractivity contribution in [1.82, 2.24) is 16.1 Å². The number of halogens is 2. The number of benzene rings is 2. The summed E-state index contributed by atoms with van der Waals surface area (Å²) in [6.45, 7) is 3.35. The van der Waals surface area contributed by atoms with Crippen molar-refractivity contribution in [3.8, 4) is 17.2 Å². The van der Waals surface area contributed by atoms with Crippen LogP contribution in [0, 0.1) is 3.57 Å². The first kappa shape index (κ1) is 32.9. The Hall–Kier alpha value is -3.57. The molecule has 0 radical (unpaired) electrons. The van der Waals surface area contributed by atoms with Crippen molar-refractivity contribution in [1.29, 1.82) is 0 Å². The average molecular weight is 761 g/mol. The minimum atomic E-state index is -1.17. The van der Waals surface area contributed by atoms with E-state index in [-0.39, 0.29) is 18.8 Å². The topological polar surface area (TPSA) is 166 Å². The van der Waals surface area contributed by atoms with Crippen LogP contribution in [0.1, 0.15) is 31.0 Å². The molecule has 2 aromatic rings. The highest BCUT2D eigenvalue weighted by Gasteiger charge is 2.32. The van der Waals surface area contributed by atoms with Crippen LogP contribution in [0.5, 0.6) is 17.2 Å². The Labute approximate surface area is 264 Å². The number of amides is 2. The van der Waals surface area contributed by atoms with Gasteiger partial charge in [0.2, 0.25) is 0 Å². The molecule has 2 atom stereocenters. The summed E-state index contributed by atoms with van der Waals surface area (Å²) in [6, 6.07) is 7.27. The first-order chi connectivity index (χ1) is 20.1. The van der Waals surface area contributed by atoms with E-state index in [0.29, 0.717) is 45.2 Å². The van der Waals surface area contributed by atoms with Crippen molar-refractivity contribution < 1.29 is 43.2 Å². The molecule has 0 aliphatic carbocycles. The summed E-state index contributed by atoms with van der Waals surface area (Å²) in [4.78, 5) is 35.9. The molecule has 226 valence electrons. The maximum atomic E-state index is 12.4. The lowest BCUT2D eigenvalue weighted by Crippen LogP contribution is -2.45. The smallest absolute Gasteiger partial charge is 0.343 e. The third-order valence-corrected chi connectivity index (χ3v) is 7.08. The van der Waals surface area contributed by atoms with Crippen LogP contribution < -0.4 is 30.3 Å². The van der Waals surface area contributed by atoms with Gasteiger partial charge in [0.1, 0.15) is 12.4 Å². The van der Waals surface area contributed by atoms with E-state index in [1.165, 1.54) is 20.4 Å². The predicted octanol–water partition coefficient (Wildman–Crippen LogP) is 3.13. The van der Waals surface area contributed by atoms with Crippen molar-refractivity contribution in [2.45, 2.75) is 26.1 Å². The summed E-state index contributed by atoms with van der Waals surface area (Å²) >= 11 is 5.49. The van der Waals surface area contributed by atoms with Gasteiger partial charge in [0, 0.05) is 5.70 Å². The molecular weight excluding hydrogens is 731 g/mol. The number of carbonyl (C=O) groups is 3. The Morgan fingerprint density at radius 3 is 2.60 bits per heavy atom. The fourth-order valence-electron chi connectivity index (χ4n) is 3.80. The van der Waals surface area contributed by atoms with Gasteiger partial charge in [-0.2, -0.15) is 5.10 Å². The van der Waals surface area contributed by atoms with E-state index in [1.54, 1.807) is 44.2 Å². The maximum Gasteiger partial charge on any atom is 0.343 e. The Balaban J connectivity index is 1.65. The maximum absolute atomic E-state index is 12.4. The number of allylic oxidation sites excluding steroid dienone is 1. The molecule has 0 spiro atoms. The van der Waals surface area contributed by atoms with Crippen LogP contribution in [0.2, 0.25) is 0 Å². The average Bonchev–Trinajstić information content (AvgIpc) is 2.95. The molecule has 0 bridgehead atoms. The fraction of sp³-hybridized carbons (Fsp3) is 0.333. The first-order valence-electron chi connectivity index (χ1n) is 12.5. The summed E-state index contributed by atoms with van der Waals surface area (Å²) in [7, 11) is 2.55. The van der Waals surface area contributed by atoms with Gasteiger partial charge in [-0.3, -0.25) is 5.43 Å². The van der Waals surface area contributed by atoms with Gasteiger partial charge < -0.3 is 39.4 Å². The molecule has 4 N–H and O–H groups in total. The van der Waals surface area contributed by atoms with Gasteiger partial charge in [-0.1, -0.05) is 6.07 Å². The Morgan fingerprint density at radius 2 is 1.93 bits per heavy atom. The van der Waals surface area contributed by atoms with Gasteiger partial charge in [-0.15, -0.1) is 0 Å². The summed E-state index contributed by atoms with van der Waals surface area (Å²) < 4.78 is 27.8. The molecule has 0 saturated carbocycles.